The van der Waals surface area contributed by atoms with Crippen LogP contribution in [0.3, 0.4) is 0 Å². The number of thiocarbonyl (C=S) groups is 1. The van der Waals surface area contributed by atoms with Gasteiger partial charge in [-0.3, -0.25) is 19.8 Å². The highest BCUT2D eigenvalue weighted by Gasteiger charge is 2.49. The number of amides is 2. The van der Waals surface area contributed by atoms with Crippen molar-refractivity contribution in [1.29, 1.82) is 0 Å². The summed E-state index contributed by atoms with van der Waals surface area (Å²) < 4.78 is 36.4. The van der Waals surface area contributed by atoms with E-state index >= 15 is 0 Å². The Bertz CT molecular complexity index is 1610. The number of aryl methyl sites for hydroxylation is 3. The normalized spacial score (nSPS) is 18.2. The van der Waals surface area contributed by atoms with Crippen LogP contribution in [0.25, 0.3) is 0 Å². The lowest BCUT2D eigenvalue weighted by molar-refractivity contribution is -0.752. The molecule has 1 aliphatic carbocycles. The smallest absolute Gasteiger partial charge is 0.289 e. The predicted octanol–water partition coefficient (Wildman–Crippen LogP) is 1.46. The van der Waals surface area contributed by atoms with Crippen molar-refractivity contribution in [3.8, 4) is 0 Å². The number of benzene rings is 2. The monoisotopic (exact) mass is 568 g/mol. The summed E-state index contributed by atoms with van der Waals surface area (Å²) in [5.41, 5.74) is 2.66. The molecule has 13 heteroatoms. The quantitative estimate of drug-likeness (QED) is 0.319. The molecule has 3 aromatic rings. The zero-order valence-corrected chi connectivity index (χ0v) is 23.3. The van der Waals surface area contributed by atoms with Crippen molar-refractivity contribution in [2.45, 2.75) is 56.6 Å². The molecule has 2 fully saturated rings. The van der Waals surface area contributed by atoms with Gasteiger partial charge in [-0.05, 0) is 63.2 Å². The van der Waals surface area contributed by atoms with Crippen molar-refractivity contribution in [3.63, 3.8) is 0 Å². The Morgan fingerprint density at radius 1 is 1.13 bits per heavy atom. The molecule has 1 unspecified atom stereocenters. The van der Waals surface area contributed by atoms with Crippen LogP contribution < -0.4 is 20.8 Å². The molecule has 1 atom stereocenters. The summed E-state index contributed by atoms with van der Waals surface area (Å²) >= 11 is 5.68. The molecular weight excluding hydrogens is 540 g/mol. The van der Waals surface area contributed by atoms with E-state index in [0.717, 1.165) is 24.0 Å². The summed E-state index contributed by atoms with van der Waals surface area (Å²) in [7, 11) is -2.52. The van der Waals surface area contributed by atoms with Crippen LogP contribution in [0.15, 0.2) is 62.3 Å². The van der Waals surface area contributed by atoms with Gasteiger partial charge in [0.15, 0.2) is 5.11 Å². The molecule has 2 aromatic carbocycles. The minimum Gasteiger partial charge on any atom is -0.486 e. The van der Waals surface area contributed by atoms with Gasteiger partial charge in [-0.2, -0.15) is 8.42 Å². The van der Waals surface area contributed by atoms with E-state index in [1.165, 1.54) is 16.8 Å². The third-order valence-electron chi connectivity index (χ3n) is 6.71. The second-order valence-corrected chi connectivity index (χ2v) is 11.8. The molecule has 204 valence electrons. The molecule has 1 saturated carbocycles. The second-order valence-electron chi connectivity index (χ2n) is 9.81. The summed E-state index contributed by atoms with van der Waals surface area (Å²) in [6.07, 6.45) is 1.52. The number of anilines is 1. The molecule has 5 rings (SSSR count). The minimum absolute atomic E-state index is 0.0000393. The molecule has 1 N–H and O–H groups in total. The molecule has 0 radical (unpaired) electrons. The molecule has 11 nitrogen and oxygen atoms in total. The zero-order valence-electron chi connectivity index (χ0n) is 21.7. The van der Waals surface area contributed by atoms with E-state index in [-0.39, 0.29) is 46.4 Å². The summed E-state index contributed by atoms with van der Waals surface area (Å²) in [5, 5.41) is 6.96. The molecule has 2 amide bonds. The number of hydrogen-bond donors (Lipinski definition) is 1. The van der Waals surface area contributed by atoms with Crippen LogP contribution in [-0.4, -0.2) is 47.2 Å². The molecule has 2 aliphatic rings. The number of carbonyl (C=O) groups excluding carboxylic acids is 2. The highest BCUT2D eigenvalue weighted by atomic mass is 32.2. The van der Waals surface area contributed by atoms with Crippen LogP contribution in [0.2, 0.25) is 0 Å². The van der Waals surface area contributed by atoms with Crippen molar-refractivity contribution in [2.24, 2.45) is 11.4 Å². The number of hydrogen-bond acceptors (Lipinski definition) is 6. The Balaban J connectivity index is 1.43. The Hall–Kier alpha value is -3.84. The average molecular weight is 569 g/mol. The fraction of sp³-hybridized carbons (Fsp3) is 0.346. The van der Waals surface area contributed by atoms with Crippen molar-refractivity contribution in [3.05, 3.63) is 70.9 Å². The van der Waals surface area contributed by atoms with E-state index in [1.807, 2.05) is 26.0 Å². The number of aromatic nitrogens is 2. The standard InChI is InChI=1S/C26H28N6O5S2/c1-16-4-8-18(9-5-16)27-23(33)14-21-25(34)32(19-10-11-19)26(38)31(21)15-22-24(37-29-30(22)3)28-39(35,36)20-12-6-17(2)7-13-20/h4-9,12-13,19,21H,10-11,14-15H2,1-3H3,(H,27,33)/b28-24-. The minimum atomic E-state index is -4.10. The van der Waals surface area contributed by atoms with Gasteiger partial charge in [0.25, 0.3) is 27.2 Å². The lowest BCUT2D eigenvalue weighted by atomic mass is 10.1. The van der Waals surface area contributed by atoms with Crippen molar-refractivity contribution in [2.75, 3.05) is 5.32 Å². The van der Waals surface area contributed by atoms with Crippen LogP contribution in [-0.2, 0) is 33.2 Å². The van der Waals surface area contributed by atoms with Gasteiger partial charge in [0.05, 0.1) is 11.3 Å². The van der Waals surface area contributed by atoms with Gasteiger partial charge in [0.1, 0.15) is 19.6 Å². The van der Waals surface area contributed by atoms with Crippen LogP contribution in [0, 0.1) is 13.8 Å². The molecular formula is C26H28N6O5S2. The molecule has 2 heterocycles. The van der Waals surface area contributed by atoms with Crippen LogP contribution >= 0.6 is 12.2 Å². The zero-order chi connectivity index (χ0) is 27.9. The summed E-state index contributed by atoms with van der Waals surface area (Å²) in [5.74, 6) is -0.601. The molecule has 0 spiro atoms. The Morgan fingerprint density at radius 2 is 1.74 bits per heavy atom. The predicted molar refractivity (Wildman–Crippen MR) is 143 cm³/mol. The van der Waals surface area contributed by atoms with E-state index < -0.39 is 16.1 Å². The molecule has 39 heavy (non-hydrogen) atoms. The van der Waals surface area contributed by atoms with Crippen molar-refractivity contribution in [1.82, 2.24) is 15.1 Å². The molecule has 0 bridgehead atoms. The largest absolute Gasteiger partial charge is 0.486 e. The summed E-state index contributed by atoms with van der Waals surface area (Å²) in [6, 6.07) is 12.8. The third-order valence-corrected chi connectivity index (χ3v) is 8.41. The van der Waals surface area contributed by atoms with Gasteiger partial charge in [0, 0.05) is 11.7 Å². The van der Waals surface area contributed by atoms with E-state index in [4.69, 9.17) is 16.7 Å². The van der Waals surface area contributed by atoms with Crippen molar-refractivity contribution >= 4 is 44.9 Å². The maximum Gasteiger partial charge on any atom is 0.289 e. The van der Waals surface area contributed by atoms with Gasteiger partial charge in [-0.25, -0.2) is 4.68 Å². The third kappa shape index (κ3) is 5.64. The van der Waals surface area contributed by atoms with Gasteiger partial charge in [-0.1, -0.05) is 35.4 Å². The number of carbonyl (C=O) groups is 2. The topological polar surface area (TPSA) is 130 Å². The number of rotatable bonds is 8. The first-order valence-corrected chi connectivity index (χ1v) is 14.3. The summed E-state index contributed by atoms with van der Waals surface area (Å²) in [4.78, 5) is 29.6. The Kier molecular flexibility index (Phi) is 7.12. The number of nitrogens with one attached hydrogen (secondary N) is 1. The highest BCUT2D eigenvalue weighted by Crippen LogP contribution is 2.34. The molecule has 1 aromatic heterocycles. The Morgan fingerprint density at radius 3 is 2.36 bits per heavy atom. The van der Waals surface area contributed by atoms with Crippen molar-refractivity contribution < 1.29 is 27.2 Å². The average Bonchev–Trinajstić information content (AvgIpc) is 3.62. The lowest BCUT2D eigenvalue weighted by Gasteiger charge is -2.22. The van der Waals surface area contributed by atoms with E-state index in [2.05, 4.69) is 15.0 Å². The van der Waals surface area contributed by atoms with E-state index in [0.29, 0.717) is 11.4 Å². The van der Waals surface area contributed by atoms with E-state index in [1.54, 1.807) is 41.1 Å². The van der Waals surface area contributed by atoms with Gasteiger partial charge in [0.2, 0.25) is 5.91 Å². The second kappa shape index (κ2) is 10.4. The fourth-order valence-corrected chi connectivity index (χ4v) is 5.71. The first kappa shape index (κ1) is 26.8. The summed E-state index contributed by atoms with van der Waals surface area (Å²) in [6.45, 7) is 3.77. The molecule has 1 saturated heterocycles. The fourth-order valence-electron chi connectivity index (χ4n) is 4.34. The highest BCUT2D eigenvalue weighted by molar-refractivity contribution is 7.90. The van der Waals surface area contributed by atoms with Crippen LogP contribution in [0.1, 0.15) is 36.1 Å². The lowest BCUT2D eigenvalue weighted by Crippen LogP contribution is -2.45. The van der Waals surface area contributed by atoms with E-state index in [9.17, 15) is 18.0 Å². The number of nitrogens with zero attached hydrogens (tertiary/aromatic N) is 5. The first-order chi connectivity index (χ1) is 18.5. The van der Waals surface area contributed by atoms with Gasteiger partial charge < -0.3 is 14.7 Å². The SMILES string of the molecule is Cc1ccc(NC(=O)CC2C(=O)N(C3CC3)C(=S)N2Cc2/c(=N/S(=O)(=O)c3ccc(C)cc3)o[n-][n+]2C)cc1. The molecule has 1 aliphatic heterocycles. The first-order valence-electron chi connectivity index (χ1n) is 12.4. The Labute approximate surface area is 231 Å². The maximum absolute atomic E-state index is 13.4. The van der Waals surface area contributed by atoms with Crippen LogP contribution in [0.4, 0.5) is 5.69 Å². The van der Waals surface area contributed by atoms with Gasteiger partial charge in [-0.15, -0.1) is 4.40 Å². The van der Waals surface area contributed by atoms with Gasteiger partial charge >= 0.3 is 0 Å². The van der Waals surface area contributed by atoms with Crippen LogP contribution in [0.5, 0.6) is 0 Å². The maximum atomic E-state index is 13.4. The number of sulfonamides is 1.